The zero-order valence-corrected chi connectivity index (χ0v) is 14.1. The molecule has 0 aliphatic heterocycles. The zero-order valence-electron chi connectivity index (χ0n) is 13.1. The first-order valence-corrected chi connectivity index (χ1v) is 10.5. The van der Waals surface area contributed by atoms with E-state index in [1.54, 1.807) is 0 Å². The SMILES string of the molecule is CCCCCO[Si](C)(CCCC)OCCCCC. The second-order valence-electron chi connectivity index (χ2n) is 5.35. The molecule has 0 saturated heterocycles. The Labute approximate surface area is 116 Å². The molecule has 0 atom stereocenters. The smallest absolute Gasteiger partial charge is 0.334 e. The fourth-order valence-electron chi connectivity index (χ4n) is 1.96. The molecule has 0 aliphatic rings. The quantitative estimate of drug-likeness (QED) is 0.336. The lowest BCUT2D eigenvalue weighted by atomic mass is 10.3. The minimum atomic E-state index is -1.87. The van der Waals surface area contributed by atoms with Crippen molar-refractivity contribution in [3.05, 3.63) is 0 Å². The Kier molecular flexibility index (Phi) is 12.3. The van der Waals surface area contributed by atoms with Gasteiger partial charge in [0.1, 0.15) is 0 Å². The Balaban J connectivity index is 3.90. The molecule has 0 heterocycles. The maximum atomic E-state index is 6.13. The van der Waals surface area contributed by atoms with Gasteiger partial charge in [0.2, 0.25) is 0 Å². The van der Waals surface area contributed by atoms with E-state index in [9.17, 15) is 0 Å². The monoisotopic (exact) mass is 274 g/mol. The summed E-state index contributed by atoms with van der Waals surface area (Å²) < 4.78 is 12.3. The number of unbranched alkanes of at least 4 members (excludes halogenated alkanes) is 5. The van der Waals surface area contributed by atoms with Crippen LogP contribution in [0.4, 0.5) is 0 Å². The first-order chi connectivity index (χ1) is 8.68. The minimum Gasteiger partial charge on any atom is -0.394 e. The highest BCUT2D eigenvalue weighted by Crippen LogP contribution is 2.18. The zero-order chi connectivity index (χ0) is 13.7. The standard InChI is InChI=1S/C15H34O2Si/c1-5-8-11-13-16-18(4,15-10-7-3)17-14-12-9-6-2/h5-15H2,1-4H3. The first kappa shape index (κ1) is 18.1. The van der Waals surface area contributed by atoms with Gasteiger partial charge in [0, 0.05) is 13.2 Å². The van der Waals surface area contributed by atoms with E-state index in [1.165, 1.54) is 51.4 Å². The molecule has 0 aliphatic carbocycles. The first-order valence-electron chi connectivity index (χ1n) is 7.96. The summed E-state index contributed by atoms with van der Waals surface area (Å²) in [5.74, 6) is 0. The molecule has 0 unspecified atom stereocenters. The molecule has 0 N–H and O–H groups in total. The molecule has 0 amide bonds. The van der Waals surface area contributed by atoms with Crippen molar-refractivity contribution in [3.8, 4) is 0 Å². The van der Waals surface area contributed by atoms with Crippen LogP contribution in [-0.2, 0) is 8.85 Å². The van der Waals surface area contributed by atoms with Crippen molar-refractivity contribution in [2.75, 3.05) is 13.2 Å². The number of hydrogen-bond donors (Lipinski definition) is 0. The van der Waals surface area contributed by atoms with E-state index in [4.69, 9.17) is 8.85 Å². The molecule has 0 rings (SSSR count). The van der Waals surface area contributed by atoms with Gasteiger partial charge in [0.05, 0.1) is 0 Å². The van der Waals surface area contributed by atoms with Crippen molar-refractivity contribution < 1.29 is 8.85 Å². The Hall–Kier alpha value is 0.137. The average molecular weight is 275 g/mol. The van der Waals surface area contributed by atoms with Crippen LogP contribution in [0.5, 0.6) is 0 Å². The van der Waals surface area contributed by atoms with Crippen molar-refractivity contribution in [1.82, 2.24) is 0 Å². The van der Waals surface area contributed by atoms with E-state index in [-0.39, 0.29) is 0 Å². The highest BCUT2D eigenvalue weighted by Gasteiger charge is 2.30. The highest BCUT2D eigenvalue weighted by atomic mass is 28.4. The van der Waals surface area contributed by atoms with Gasteiger partial charge in [-0.3, -0.25) is 0 Å². The van der Waals surface area contributed by atoms with E-state index < -0.39 is 8.56 Å². The van der Waals surface area contributed by atoms with Crippen LogP contribution in [0, 0.1) is 0 Å². The van der Waals surface area contributed by atoms with Crippen LogP contribution in [0.1, 0.15) is 72.1 Å². The summed E-state index contributed by atoms with van der Waals surface area (Å²) in [6.45, 7) is 10.7. The van der Waals surface area contributed by atoms with Crippen molar-refractivity contribution in [2.45, 2.75) is 84.7 Å². The molecule has 0 saturated carbocycles. The molecule has 2 nitrogen and oxygen atoms in total. The Morgan fingerprint density at radius 3 is 1.50 bits per heavy atom. The number of rotatable bonds is 13. The lowest BCUT2D eigenvalue weighted by Gasteiger charge is -2.27. The van der Waals surface area contributed by atoms with Gasteiger partial charge in [0.25, 0.3) is 0 Å². The van der Waals surface area contributed by atoms with Gasteiger partial charge in [-0.15, -0.1) is 0 Å². The summed E-state index contributed by atoms with van der Waals surface area (Å²) in [4.78, 5) is 0. The second kappa shape index (κ2) is 12.2. The molecule has 0 fully saturated rings. The van der Waals surface area contributed by atoms with Gasteiger partial charge in [0.15, 0.2) is 0 Å². The molecule has 0 aromatic rings. The summed E-state index contributed by atoms with van der Waals surface area (Å²) >= 11 is 0. The third kappa shape index (κ3) is 10.1. The van der Waals surface area contributed by atoms with Crippen LogP contribution in [0.15, 0.2) is 0 Å². The molecule has 0 bridgehead atoms. The van der Waals surface area contributed by atoms with Crippen LogP contribution in [0.3, 0.4) is 0 Å². The summed E-state index contributed by atoms with van der Waals surface area (Å²) in [6, 6.07) is 1.15. The summed E-state index contributed by atoms with van der Waals surface area (Å²) in [7, 11) is -1.87. The molecule has 0 aromatic heterocycles. The molecule has 110 valence electrons. The Bertz CT molecular complexity index is 162. The van der Waals surface area contributed by atoms with Crippen LogP contribution in [0.25, 0.3) is 0 Å². The van der Waals surface area contributed by atoms with Gasteiger partial charge in [-0.25, -0.2) is 0 Å². The Morgan fingerprint density at radius 2 is 1.11 bits per heavy atom. The van der Waals surface area contributed by atoms with Crippen molar-refractivity contribution in [3.63, 3.8) is 0 Å². The van der Waals surface area contributed by atoms with Crippen LogP contribution < -0.4 is 0 Å². The second-order valence-corrected chi connectivity index (χ2v) is 8.69. The summed E-state index contributed by atoms with van der Waals surface area (Å²) in [6.07, 6.45) is 9.90. The maximum Gasteiger partial charge on any atom is 0.334 e. The molecule has 18 heavy (non-hydrogen) atoms. The third-order valence-corrected chi connectivity index (χ3v) is 6.19. The number of hydrogen-bond acceptors (Lipinski definition) is 2. The van der Waals surface area contributed by atoms with Crippen molar-refractivity contribution in [1.29, 1.82) is 0 Å². The van der Waals surface area contributed by atoms with Gasteiger partial charge < -0.3 is 8.85 Å². The predicted octanol–water partition coefficient (Wildman–Crippen LogP) is 5.27. The molecule has 3 heteroatoms. The van der Waals surface area contributed by atoms with Gasteiger partial charge in [-0.1, -0.05) is 59.3 Å². The molecular formula is C15H34O2Si. The highest BCUT2D eigenvalue weighted by molar-refractivity contribution is 6.66. The molecule has 0 spiro atoms. The van der Waals surface area contributed by atoms with Crippen molar-refractivity contribution in [2.24, 2.45) is 0 Å². The fraction of sp³-hybridized carbons (Fsp3) is 1.00. The van der Waals surface area contributed by atoms with Crippen LogP contribution >= 0.6 is 0 Å². The molecule has 0 aromatic carbocycles. The van der Waals surface area contributed by atoms with E-state index >= 15 is 0 Å². The van der Waals surface area contributed by atoms with Gasteiger partial charge in [-0.05, 0) is 25.4 Å². The summed E-state index contributed by atoms with van der Waals surface area (Å²) in [5.41, 5.74) is 0. The van der Waals surface area contributed by atoms with Gasteiger partial charge >= 0.3 is 8.56 Å². The third-order valence-electron chi connectivity index (χ3n) is 3.30. The van der Waals surface area contributed by atoms with Crippen molar-refractivity contribution >= 4 is 8.56 Å². The van der Waals surface area contributed by atoms with Crippen LogP contribution in [-0.4, -0.2) is 21.8 Å². The Morgan fingerprint density at radius 1 is 0.667 bits per heavy atom. The lowest BCUT2D eigenvalue weighted by Crippen LogP contribution is -2.39. The lowest BCUT2D eigenvalue weighted by molar-refractivity contribution is 0.166. The predicted molar refractivity (Wildman–Crippen MR) is 82.3 cm³/mol. The van der Waals surface area contributed by atoms with E-state index in [0.717, 1.165) is 19.3 Å². The van der Waals surface area contributed by atoms with E-state index in [2.05, 4.69) is 27.3 Å². The fourth-order valence-corrected chi connectivity index (χ4v) is 4.48. The van der Waals surface area contributed by atoms with Gasteiger partial charge in [-0.2, -0.15) is 0 Å². The van der Waals surface area contributed by atoms with E-state index in [1.807, 2.05) is 0 Å². The topological polar surface area (TPSA) is 18.5 Å². The summed E-state index contributed by atoms with van der Waals surface area (Å²) in [5, 5.41) is 0. The average Bonchev–Trinajstić information content (AvgIpc) is 2.38. The minimum absolute atomic E-state index is 0.897. The van der Waals surface area contributed by atoms with E-state index in [0.29, 0.717) is 0 Å². The maximum absolute atomic E-state index is 6.13. The van der Waals surface area contributed by atoms with Crippen LogP contribution in [0.2, 0.25) is 12.6 Å². The normalized spacial score (nSPS) is 12.0. The molecule has 0 radical (unpaired) electrons. The largest absolute Gasteiger partial charge is 0.394 e. The molecular weight excluding hydrogens is 240 g/mol.